The molecule has 4 heterocycles. The molecule has 3 aliphatic rings. The summed E-state index contributed by atoms with van der Waals surface area (Å²) in [6.45, 7) is 7.76. The predicted molar refractivity (Wildman–Crippen MR) is 94.1 cm³/mol. The van der Waals surface area contributed by atoms with Crippen molar-refractivity contribution in [2.75, 3.05) is 64.6 Å². The zero-order valence-corrected chi connectivity index (χ0v) is 15.0. The Morgan fingerprint density at radius 1 is 1.28 bits per heavy atom. The molecule has 0 radical (unpaired) electrons. The van der Waals surface area contributed by atoms with Gasteiger partial charge in [-0.25, -0.2) is 9.97 Å². The summed E-state index contributed by atoms with van der Waals surface area (Å²) in [5.41, 5.74) is -0.0204. The average molecular weight is 348 g/mol. The summed E-state index contributed by atoms with van der Waals surface area (Å²) in [6, 6.07) is 1.92. The van der Waals surface area contributed by atoms with Crippen LogP contribution in [0.2, 0.25) is 0 Å². The highest BCUT2D eigenvalue weighted by Gasteiger charge is 2.44. The molecule has 0 saturated carbocycles. The van der Waals surface area contributed by atoms with Crippen molar-refractivity contribution in [2.45, 2.75) is 24.9 Å². The minimum Gasteiger partial charge on any atom is -0.481 e. The van der Waals surface area contributed by atoms with E-state index in [4.69, 9.17) is 14.2 Å². The van der Waals surface area contributed by atoms with Gasteiger partial charge in [0.05, 0.1) is 32.5 Å². The Balaban J connectivity index is 1.38. The second-order valence-corrected chi connectivity index (χ2v) is 7.42. The molecular weight excluding hydrogens is 320 g/mol. The number of hydrogen-bond donors (Lipinski definition) is 0. The van der Waals surface area contributed by atoms with Gasteiger partial charge in [-0.2, -0.15) is 0 Å². The van der Waals surface area contributed by atoms with Gasteiger partial charge in [-0.1, -0.05) is 0 Å². The Bertz CT molecular complexity index is 581. The van der Waals surface area contributed by atoms with E-state index in [9.17, 15) is 0 Å². The Morgan fingerprint density at radius 2 is 2.16 bits per heavy atom. The molecule has 0 aromatic carbocycles. The highest BCUT2D eigenvalue weighted by atomic mass is 16.5. The smallest absolute Gasteiger partial charge is 0.218 e. The topological polar surface area (TPSA) is 60.0 Å². The first-order valence-electron chi connectivity index (χ1n) is 9.31. The van der Waals surface area contributed by atoms with Crippen molar-refractivity contribution >= 4 is 5.82 Å². The molecule has 25 heavy (non-hydrogen) atoms. The van der Waals surface area contributed by atoms with E-state index in [0.29, 0.717) is 11.8 Å². The number of rotatable bonds is 4. The lowest BCUT2D eigenvalue weighted by Gasteiger charge is -2.40. The van der Waals surface area contributed by atoms with Gasteiger partial charge < -0.3 is 19.1 Å². The number of hydrogen-bond acceptors (Lipinski definition) is 7. The molecule has 0 amide bonds. The molecule has 1 spiro atoms. The van der Waals surface area contributed by atoms with E-state index < -0.39 is 0 Å². The van der Waals surface area contributed by atoms with Crippen LogP contribution in [0.5, 0.6) is 5.88 Å². The third-order valence-electron chi connectivity index (χ3n) is 5.61. The van der Waals surface area contributed by atoms with E-state index in [-0.39, 0.29) is 5.60 Å². The van der Waals surface area contributed by atoms with E-state index in [1.165, 1.54) is 0 Å². The molecule has 138 valence electrons. The standard InChI is InChI=1S/C18H28N4O3/c1-23-17-9-16(19-14-20-17)22-4-2-3-18(13-22)10-15(12-25-18)11-21-5-7-24-8-6-21/h9,14-15H,2-8,10-13H2,1H3. The first-order valence-corrected chi connectivity index (χ1v) is 9.31. The molecule has 2 unspecified atom stereocenters. The largest absolute Gasteiger partial charge is 0.481 e. The second-order valence-electron chi connectivity index (χ2n) is 7.42. The zero-order valence-electron chi connectivity index (χ0n) is 15.0. The van der Waals surface area contributed by atoms with Crippen LogP contribution in [-0.2, 0) is 9.47 Å². The monoisotopic (exact) mass is 348 g/mol. The summed E-state index contributed by atoms with van der Waals surface area (Å²) in [7, 11) is 1.64. The van der Waals surface area contributed by atoms with Gasteiger partial charge in [0, 0.05) is 38.8 Å². The van der Waals surface area contributed by atoms with Crippen molar-refractivity contribution in [3.05, 3.63) is 12.4 Å². The maximum Gasteiger partial charge on any atom is 0.218 e. The van der Waals surface area contributed by atoms with Crippen molar-refractivity contribution in [2.24, 2.45) is 5.92 Å². The molecule has 1 aromatic rings. The van der Waals surface area contributed by atoms with Crippen molar-refractivity contribution in [3.63, 3.8) is 0 Å². The second kappa shape index (κ2) is 7.43. The third-order valence-corrected chi connectivity index (χ3v) is 5.61. The number of anilines is 1. The highest BCUT2D eigenvalue weighted by Crippen LogP contribution is 2.39. The zero-order chi connectivity index (χ0) is 17.1. The van der Waals surface area contributed by atoms with Crippen LogP contribution in [0.1, 0.15) is 19.3 Å². The fraction of sp³-hybridized carbons (Fsp3) is 0.778. The van der Waals surface area contributed by atoms with Gasteiger partial charge in [0.1, 0.15) is 12.1 Å². The van der Waals surface area contributed by atoms with Crippen LogP contribution in [0, 0.1) is 5.92 Å². The van der Waals surface area contributed by atoms with Gasteiger partial charge in [0.2, 0.25) is 5.88 Å². The summed E-state index contributed by atoms with van der Waals surface area (Å²) < 4.78 is 17.1. The minimum absolute atomic E-state index is 0.0204. The average Bonchev–Trinajstić information content (AvgIpc) is 3.04. The van der Waals surface area contributed by atoms with Crippen LogP contribution in [0.25, 0.3) is 0 Å². The Morgan fingerprint density at radius 3 is 3.00 bits per heavy atom. The van der Waals surface area contributed by atoms with E-state index in [0.717, 1.165) is 77.6 Å². The molecule has 3 fully saturated rings. The molecule has 7 nitrogen and oxygen atoms in total. The Kier molecular flexibility index (Phi) is 5.05. The summed E-state index contributed by atoms with van der Waals surface area (Å²) in [4.78, 5) is 13.4. The quantitative estimate of drug-likeness (QED) is 0.810. The summed E-state index contributed by atoms with van der Waals surface area (Å²) >= 11 is 0. The Labute approximate surface area is 149 Å². The van der Waals surface area contributed by atoms with Crippen LogP contribution in [-0.4, -0.2) is 80.1 Å². The summed E-state index contributed by atoms with van der Waals surface area (Å²) in [6.07, 6.45) is 5.00. The molecule has 3 aliphatic heterocycles. The lowest BCUT2D eigenvalue weighted by atomic mass is 9.86. The maximum absolute atomic E-state index is 6.37. The number of nitrogens with zero attached hydrogens (tertiary/aromatic N) is 4. The molecule has 0 aliphatic carbocycles. The first-order chi connectivity index (χ1) is 12.3. The van der Waals surface area contributed by atoms with Crippen LogP contribution >= 0.6 is 0 Å². The van der Waals surface area contributed by atoms with Gasteiger partial charge in [-0.3, -0.25) is 4.90 Å². The molecule has 2 atom stereocenters. The lowest BCUT2D eigenvalue weighted by Crippen LogP contribution is -2.48. The van der Waals surface area contributed by atoms with E-state index in [1.54, 1.807) is 13.4 Å². The molecule has 0 N–H and O–H groups in total. The normalized spacial score (nSPS) is 30.8. The van der Waals surface area contributed by atoms with Gasteiger partial charge in [0.15, 0.2) is 0 Å². The van der Waals surface area contributed by atoms with Gasteiger partial charge >= 0.3 is 0 Å². The molecule has 1 aromatic heterocycles. The molecule has 7 heteroatoms. The van der Waals surface area contributed by atoms with Crippen molar-refractivity contribution in [1.29, 1.82) is 0 Å². The maximum atomic E-state index is 6.37. The number of morpholine rings is 1. The van der Waals surface area contributed by atoms with Gasteiger partial charge in [-0.15, -0.1) is 0 Å². The third kappa shape index (κ3) is 3.88. The van der Waals surface area contributed by atoms with E-state index in [2.05, 4.69) is 19.8 Å². The molecule has 0 bridgehead atoms. The summed E-state index contributed by atoms with van der Waals surface area (Å²) in [5.74, 6) is 2.17. The summed E-state index contributed by atoms with van der Waals surface area (Å²) in [5, 5.41) is 0. The SMILES string of the molecule is COc1cc(N2CCCC3(CC(CN4CCOCC4)CO3)C2)ncn1. The minimum atomic E-state index is -0.0204. The van der Waals surface area contributed by atoms with Crippen molar-refractivity contribution in [1.82, 2.24) is 14.9 Å². The van der Waals surface area contributed by atoms with Crippen LogP contribution in [0.3, 0.4) is 0 Å². The first kappa shape index (κ1) is 17.0. The fourth-order valence-electron chi connectivity index (χ4n) is 4.40. The number of piperidine rings is 1. The van der Waals surface area contributed by atoms with Gasteiger partial charge in [-0.05, 0) is 25.2 Å². The number of aromatic nitrogens is 2. The molecule has 3 saturated heterocycles. The lowest BCUT2D eigenvalue weighted by molar-refractivity contribution is -0.00820. The fourth-order valence-corrected chi connectivity index (χ4v) is 4.40. The van der Waals surface area contributed by atoms with Crippen molar-refractivity contribution < 1.29 is 14.2 Å². The molecular formula is C18H28N4O3. The van der Waals surface area contributed by atoms with Crippen molar-refractivity contribution in [3.8, 4) is 5.88 Å². The van der Waals surface area contributed by atoms with Gasteiger partial charge in [0.25, 0.3) is 0 Å². The van der Waals surface area contributed by atoms with E-state index >= 15 is 0 Å². The van der Waals surface area contributed by atoms with Crippen LogP contribution in [0.4, 0.5) is 5.82 Å². The molecule has 4 rings (SSSR count). The number of ether oxygens (including phenoxy) is 3. The predicted octanol–water partition coefficient (Wildman–Crippen LogP) is 1.19. The van der Waals surface area contributed by atoms with E-state index in [1.807, 2.05) is 6.07 Å². The Hall–Kier alpha value is -1.44. The van der Waals surface area contributed by atoms with Crippen LogP contribution < -0.4 is 9.64 Å². The highest BCUT2D eigenvalue weighted by molar-refractivity contribution is 5.42. The number of methoxy groups -OCH3 is 1. The van der Waals surface area contributed by atoms with Crippen LogP contribution in [0.15, 0.2) is 12.4 Å².